The van der Waals surface area contributed by atoms with Crippen molar-refractivity contribution in [2.75, 3.05) is 23.7 Å². The van der Waals surface area contributed by atoms with Gasteiger partial charge in [0, 0.05) is 19.0 Å². The number of thiophene rings is 1. The highest BCUT2D eigenvalue weighted by atomic mass is 32.1. The van der Waals surface area contributed by atoms with Gasteiger partial charge in [-0.15, -0.1) is 11.3 Å². The second kappa shape index (κ2) is 5.95. The molecule has 1 aliphatic rings. The molecule has 0 atom stereocenters. The van der Waals surface area contributed by atoms with Crippen LogP contribution in [0, 0.1) is 11.8 Å². The number of ketones is 1. The van der Waals surface area contributed by atoms with Gasteiger partial charge in [-0.3, -0.25) is 4.79 Å². The van der Waals surface area contributed by atoms with Gasteiger partial charge in [-0.2, -0.15) is 0 Å². The van der Waals surface area contributed by atoms with E-state index in [1.54, 1.807) is 11.3 Å². The van der Waals surface area contributed by atoms with Crippen LogP contribution < -0.4 is 10.6 Å². The number of nitrogens with zero attached hydrogens (tertiary/aromatic N) is 1. The number of nitrogen functional groups attached to an aromatic ring is 1. The van der Waals surface area contributed by atoms with Crippen LogP contribution in [-0.2, 0) is 0 Å². The average molecular weight is 280 g/mol. The molecule has 0 aromatic carbocycles. The molecule has 0 spiro atoms. The van der Waals surface area contributed by atoms with Gasteiger partial charge < -0.3 is 10.6 Å². The maximum Gasteiger partial charge on any atom is 0.177 e. The van der Waals surface area contributed by atoms with Crippen LogP contribution in [0.1, 0.15) is 49.7 Å². The van der Waals surface area contributed by atoms with Crippen LogP contribution >= 0.6 is 11.3 Å². The second-order valence-corrected chi connectivity index (χ2v) is 6.75. The third-order valence-electron chi connectivity index (χ3n) is 3.89. The predicted molar refractivity (Wildman–Crippen MR) is 83.1 cm³/mol. The van der Waals surface area contributed by atoms with E-state index in [9.17, 15) is 4.79 Å². The molecule has 0 amide bonds. The van der Waals surface area contributed by atoms with Gasteiger partial charge >= 0.3 is 0 Å². The fraction of sp³-hybridized carbons (Fsp3) is 0.667. The van der Waals surface area contributed by atoms with Gasteiger partial charge in [0.1, 0.15) is 0 Å². The molecule has 1 aliphatic carbocycles. The van der Waals surface area contributed by atoms with E-state index in [0.29, 0.717) is 5.69 Å². The molecule has 1 saturated carbocycles. The summed E-state index contributed by atoms with van der Waals surface area (Å²) in [5, 5.41) is 1.15. The summed E-state index contributed by atoms with van der Waals surface area (Å²) in [5.74, 6) is 0.997. The first-order valence-electron chi connectivity index (χ1n) is 7.21. The first kappa shape index (κ1) is 14.4. The normalized spacial score (nSPS) is 15.6. The first-order valence-corrected chi connectivity index (χ1v) is 8.03. The van der Waals surface area contributed by atoms with Crippen LogP contribution in [0.3, 0.4) is 0 Å². The zero-order valence-electron chi connectivity index (χ0n) is 12.1. The lowest BCUT2D eigenvalue weighted by atomic mass is 9.85. The summed E-state index contributed by atoms with van der Waals surface area (Å²) in [4.78, 5) is 15.2. The van der Waals surface area contributed by atoms with Crippen molar-refractivity contribution in [3.8, 4) is 0 Å². The number of carbonyl (C=O) groups is 1. The van der Waals surface area contributed by atoms with E-state index in [1.165, 1.54) is 19.3 Å². The van der Waals surface area contributed by atoms with Crippen LogP contribution in [0.5, 0.6) is 0 Å². The number of hydrogen-bond donors (Lipinski definition) is 1. The molecule has 1 heterocycles. The van der Waals surface area contributed by atoms with Crippen LogP contribution in [0.4, 0.5) is 10.7 Å². The zero-order valence-corrected chi connectivity index (χ0v) is 12.9. The zero-order chi connectivity index (χ0) is 14.0. The topological polar surface area (TPSA) is 46.3 Å². The number of Topliss-reactive ketones (excluding diaryl/α,β-unsaturated/α-hetero) is 1. The van der Waals surface area contributed by atoms with Crippen molar-refractivity contribution >= 4 is 27.8 Å². The SMILES string of the molecule is CCN(CC1CCC1)c1cc(N)c(C(=O)C(C)C)s1. The number of anilines is 2. The summed E-state index contributed by atoms with van der Waals surface area (Å²) in [6, 6.07) is 1.97. The fourth-order valence-corrected chi connectivity index (χ4v) is 3.60. The molecule has 2 N–H and O–H groups in total. The lowest BCUT2D eigenvalue weighted by molar-refractivity contribution is 0.0944. The third kappa shape index (κ3) is 3.11. The van der Waals surface area contributed by atoms with Gasteiger partial charge in [-0.05, 0) is 31.7 Å². The maximum atomic E-state index is 12.1. The Balaban J connectivity index is 2.14. The summed E-state index contributed by atoms with van der Waals surface area (Å²) in [6.45, 7) is 8.09. The molecule has 0 radical (unpaired) electrons. The molecule has 19 heavy (non-hydrogen) atoms. The van der Waals surface area contributed by atoms with Gasteiger partial charge in [-0.25, -0.2) is 0 Å². The molecule has 106 valence electrons. The monoisotopic (exact) mass is 280 g/mol. The third-order valence-corrected chi connectivity index (χ3v) is 5.12. The Labute approximate surface area is 119 Å². The van der Waals surface area contributed by atoms with Crippen molar-refractivity contribution in [3.05, 3.63) is 10.9 Å². The van der Waals surface area contributed by atoms with E-state index in [4.69, 9.17) is 5.73 Å². The molecular weight excluding hydrogens is 256 g/mol. The highest BCUT2D eigenvalue weighted by Gasteiger charge is 2.23. The first-order chi connectivity index (χ1) is 9.02. The van der Waals surface area contributed by atoms with Crippen molar-refractivity contribution < 1.29 is 4.79 Å². The Hall–Kier alpha value is -1.03. The molecule has 4 heteroatoms. The molecule has 3 nitrogen and oxygen atoms in total. The minimum absolute atomic E-state index is 0.00973. The summed E-state index contributed by atoms with van der Waals surface area (Å²) in [6.07, 6.45) is 4.05. The molecule has 2 rings (SSSR count). The Morgan fingerprint density at radius 2 is 2.21 bits per heavy atom. The number of hydrogen-bond acceptors (Lipinski definition) is 4. The largest absolute Gasteiger partial charge is 0.397 e. The van der Waals surface area contributed by atoms with Gasteiger partial charge in [0.15, 0.2) is 5.78 Å². The van der Waals surface area contributed by atoms with E-state index >= 15 is 0 Å². The minimum atomic E-state index is 0.00973. The lowest BCUT2D eigenvalue weighted by Gasteiger charge is -2.32. The molecule has 1 fully saturated rings. The Morgan fingerprint density at radius 3 is 2.68 bits per heavy atom. The van der Waals surface area contributed by atoms with Crippen molar-refractivity contribution in [1.29, 1.82) is 0 Å². The van der Waals surface area contributed by atoms with Gasteiger partial charge in [0.2, 0.25) is 0 Å². The number of nitrogens with two attached hydrogens (primary N) is 1. The summed E-state index contributed by atoms with van der Waals surface area (Å²) < 4.78 is 0. The van der Waals surface area contributed by atoms with E-state index in [1.807, 2.05) is 19.9 Å². The van der Waals surface area contributed by atoms with Crippen LogP contribution in [0.25, 0.3) is 0 Å². The Kier molecular flexibility index (Phi) is 4.50. The standard InChI is InChI=1S/C15H24N2OS/c1-4-17(9-11-6-5-7-11)13-8-12(16)15(19-13)14(18)10(2)3/h8,10-11H,4-7,9,16H2,1-3H3. The van der Waals surface area contributed by atoms with Gasteiger partial charge in [-0.1, -0.05) is 20.3 Å². The van der Waals surface area contributed by atoms with Crippen LogP contribution in [0.2, 0.25) is 0 Å². The maximum absolute atomic E-state index is 12.1. The van der Waals surface area contributed by atoms with E-state index in [2.05, 4.69) is 11.8 Å². The highest BCUT2D eigenvalue weighted by molar-refractivity contribution is 7.18. The Bertz CT molecular complexity index is 449. The van der Waals surface area contributed by atoms with Gasteiger partial charge in [0.05, 0.1) is 15.6 Å². The van der Waals surface area contributed by atoms with E-state index < -0.39 is 0 Å². The van der Waals surface area contributed by atoms with E-state index in [0.717, 1.165) is 28.9 Å². The number of rotatable bonds is 6. The number of carbonyl (C=O) groups excluding carboxylic acids is 1. The molecule has 0 bridgehead atoms. The van der Waals surface area contributed by atoms with E-state index in [-0.39, 0.29) is 11.7 Å². The molecule has 0 saturated heterocycles. The average Bonchev–Trinajstić information content (AvgIpc) is 2.69. The summed E-state index contributed by atoms with van der Waals surface area (Å²) in [5.41, 5.74) is 6.66. The van der Waals surface area contributed by atoms with Crippen molar-refractivity contribution in [1.82, 2.24) is 0 Å². The minimum Gasteiger partial charge on any atom is -0.397 e. The van der Waals surface area contributed by atoms with Crippen molar-refractivity contribution in [2.45, 2.75) is 40.0 Å². The van der Waals surface area contributed by atoms with Crippen molar-refractivity contribution in [2.24, 2.45) is 11.8 Å². The van der Waals surface area contributed by atoms with Crippen LogP contribution in [-0.4, -0.2) is 18.9 Å². The fourth-order valence-electron chi connectivity index (χ4n) is 2.36. The van der Waals surface area contributed by atoms with Crippen molar-refractivity contribution in [3.63, 3.8) is 0 Å². The predicted octanol–water partition coefficient (Wildman–Crippen LogP) is 3.80. The van der Waals surface area contributed by atoms with Gasteiger partial charge in [0.25, 0.3) is 0 Å². The summed E-state index contributed by atoms with van der Waals surface area (Å²) >= 11 is 1.56. The smallest absolute Gasteiger partial charge is 0.177 e. The lowest BCUT2D eigenvalue weighted by Crippen LogP contribution is -2.31. The summed E-state index contributed by atoms with van der Waals surface area (Å²) in [7, 11) is 0. The molecular formula is C15H24N2OS. The van der Waals surface area contributed by atoms with Crippen LogP contribution in [0.15, 0.2) is 6.07 Å². The quantitative estimate of drug-likeness (QED) is 0.806. The molecule has 1 aromatic rings. The molecule has 1 aromatic heterocycles. The Morgan fingerprint density at radius 1 is 1.53 bits per heavy atom. The molecule has 0 unspecified atom stereocenters. The molecule has 0 aliphatic heterocycles. The second-order valence-electron chi connectivity index (χ2n) is 5.72. The highest BCUT2D eigenvalue weighted by Crippen LogP contribution is 2.36.